The molecule has 6 N–H and O–H groups in total. The molecule has 5 nitrogen and oxygen atoms in total. The maximum atomic E-state index is 8.70. The van der Waals surface area contributed by atoms with Crippen LogP contribution in [0.1, 0.15) is 0 Å². The molecule has 1 aromatic rings. The highest BCUT2D eigenvalue weighted by atomic mass is 16.3. The molecule has 0 fully saturated rings. The Bertz CT molecular complexity index is 212. The van der Waals surface area contributed by atoms with E-state index in [-0.39, 0.29) is 19.0 Å². The van der Waals surface area contributed by atoms with Crippen molar-refractivity contribution in [3.05, 3.63) is 24.3 Å². The third-order valence-electron chi connectivity index (χ3n) is 1.31. The van der Waals surface area contributed by atoms with Crippen molar-refractivity contribution in [3.63, 3.8) is 0 Å². The maximum absolute atomic E-state index is 8.70. The van der Waals surface area contributed by atoms with Gasteiger partial charge in [-0.3, -0.25) is 0 Å². The fourth-order valence-corrected chi connectivity index (χ4v) is 0.532. The van der Waals surface area contributed by atoms with E-state index in [1.165, 1.54) is 0 Å². The topological polar surface area (TPSA) is 107 Å². The van der Waals surface area contributed by atoms with Crippen LogP contribution in [-0.2, 0) is 0 Å². The van der Waals surface area contributed by atoms with Gasteiger partial charge in [0, 0.05) is 5.69 Å². The predicted molar refractivity (Wildman–Crippen MR) is 52.7 cm³/mol. The first-order valence-corrected chi connectivity index (χ1v) is 4.04. The van der Waals surface area contributed by atoms with E-state index in [2.05, 4.69) is 0 Å². The van der Waals surface area contributed by atoms with Gasteiger partial charge in [-0.1, -0.05) is 0 Å². The Morgan fingerprint density at radius 2 is 1.50 bits per heavy atom. The number of aliphatic hydroxyl groups excluding tert-OH is 3. The van der Waals surface area contributed by atoms with Gasteiger partial charge < -0.3 is 26.2 Å². The van der Waals surface area contributed by atoms with Crippen LogP contribution in [0.15, 0.2) is 24.3 Å². The van der Waals surface area contributed by atoms with Crippen LogP contribution >= 0.6 is 0 Å². The Morgan fingerprint density at radius 1 is 1.07 bits per heavy atom. The first-order chi connectivity index (χ1) is 6.60. The van der Waals surface area contributed by atoms with Crippen LogP contribution in [0, 0.1) is 0 Å². The summed E-state index contributed by atoms with van der Waals surface area (Å²) < 4.78 is 0. The van der Waals surface area contributed by atoms with Crippen LogP contribution < -0.4 is 5.73 Å². The minimum Gasteiger partial charge on any atom is -0.508 e. The lowest BCUT2D eigenvalue weighted by Crippen LogP contribution is -2.15. The van der Waals surface area contributed by atoms with Gasteiger partial charge >= 0.3 is 0 Å². The molecular formula is C9H15NO4. The number of phenolic OH excluding ortho intramolecular Hbond substituents is 1. The van der Waals surface area contributed by atoms with Crippen molar-refractivity contribution in [2.24, 2.45) is 0 Å². The zero-order chi connectivity index (χ0) is 11.0. The third kappa shape index (κ3) is 6.24. The fourth-order valence-electron chi connectivity index (χ4n) is 0.532. The number of hydrogen-bond acceptors (Lipinski definition) is 5. The van der Waals surface area contributed by atoms with Crippen LogP contribution in [0.3, 0.4) is 0 Å². The number of hydrogen-bond donors (Lipinski definition) is 5. The van der Waals surface area contributed by atoms with Crippen molar-refractivity contribution in [2.45, 2.75) is 6.10 Å². The molecule has 0 bridgehead atoms. The van der Waals surface area contributed by atoms with E-state index >= 15 is 0 Å². The van der Waals surface area contributed by atoms with Gasteiger partial charge in [-0.2, -0.15) is 0 Å². The van der Waals surface area contributed by atoms with Gasteiger partial charge in [-0.05, 0) is 24.3 Å². The molecule has 0 aliphatic carbocycles. The molecule has 14 heavy (non-hydrogen) atoms. The standard InChI is InChI=1S/C6H7NO.C3H8O3/c7-5-1-3-6(8)4-2-5;4-1-3(6)2-5/h1-4,8H,7H2;3-6H,1-2H2. The van der Waals surface area contributed by atoms with Gasteiger partial charge in [-0.25, -0.2) is 0 Å². The number of rotatable bonds is 2. The summed E-state index contributed by atoms with van der Waals surface area (Å²) >= 11 is 0. The number of nitrogen functional groups attached to an aromatic ring is 1. The molecule has 0 saturated heterocycles. The summed E-state index contributed by atoms with van der Waals surface area (Å²) in [4.78, 5) is 0. The van der Waals surface area contributed by atoms with E-state index in [0.29, 0.717) is 5.69 Å². The van der Waals surface area contributed by atoms with E-state index in [4.69, 9.17) is 26.2 Å². The van der Waals surface area contributed by atoms with E-state index in [1.54, 1.807) is 24.3 Å². The number of anilines is 1. The molecule has 0 atom stereocenters. The quantitative estimate of drug-likeness (QED) is 0.321. The monoisotopic (exact) mass is 201 g/mol. The second kappa shape index (κ2) is 7.14. The molecule has 0 aromatic heterocycles. The first-order valence-electron chi connectivity index (χ1n) is 4.04. The van der Waals surface area contributed by atoms with Gasteiger partial charge in [0.1, 0.15) is 11.9 Å². The zero-order valence-electron chi connectivity index (χ0n) is 7.67. The van der Waals surface area contributed by atoms with Gasteiger partial charge in [0.15, 0.2) is 0 Å². The summed E-state index contributed by atoms with van der Waals surface area (Å²) in [6.07, 6.45) is -0.954. The summed E-state index contributed by atoms with van der Waals surface area (Å²) in [5, 5.41) is 32.7. The van der Waals surface area contributed by atoms with Crippen molar-refractivity contribution in [3.8, 4) is 5.75 Å². The summed E-state index contributed by atoms with van der Waals surface area (Å²) in [6.45, 7) is -0.729. The molecule has 80 valence electrons. The summed E-state index contributed by atoms with van der Waals surface area (Å²) in [7, 11) is 0. The smallest absolute Gasteiger partial charge is 0.115 e. The minimum atomic E-state index is -0.954. The molecule has 0 saturated carbocycles. The number of nitrogens with two attached hydrogens (primary N) is 1. The molecule has 0 heterocycles. The number of benzene rings is 1. The first kappa shape index (κ1) is 12.7. The van der Waals surface area contributed by atoms with Crippen molar-refractivity contribution < 1.29 is 20.4 Å². The summed E-state index contributed by atoms with van der Waals surface area (Å²) in [5.74, 6) is 0.249. The predicted octanol–water partition coefficient (Wildman–Crippen LogP) is -0.694. The zero-order valence-corrected chi connectivity index (χ0v) is 7.67. The molecule has 0 spiro atoms. The van der Waals surface area contributed by atoms with Gasteiger partial charge in [0.25, 0.3) is 0 Å². The second-order valence-electron chi connectivity index (χ2n) is 2.61. The molecule has 0 unspecified atom stereocenters. The highest BCUT2D eigenvalue weighted by molar-refractivity contribution is 5.40. The molecule has 0 radical (unpaired) electrons. The SMILES string of the molecule is Nc1ccc(O)cc1.OCC(O)CO. The Kier molecular flexibility index (Phi) is 6.47. The number of aromatic hydroxyl groups is 1. The largest absolute Gasteiger partial charge is 0.508 e. The highest BCUT2D eigenvalue weighted by Gasteiger charge is 1.93. The van der Waals surface area contributed by atoms with E-state index < -0.39 is 6.10 Å². The number of aliphatic hydroxyl groups is 3. The Balaban J connectivity index is 0.000000255. The van der Waals surface area contributed by atoms with Crippen LogP contribution in [0.2, 0.25) is 0 Å². The molecule has 0 aliphatic rings. The molecular weight excluding hydrogens is 186 g/mol. The molecule has 0 aliphatic heterocycles. The minimum absolute atomic E-state index is 0.249. The van der Waals surface area contributed by atoms with Crippen molar-refractivity contribution >= 4 is 5.69 Å². The van der Waals surface area contributed by atoms with E-state index in [1.807, 2.05) is 0 Å². The van der Waals surface area contributed by atoms with Crippen molar-refractivity contribution in [2.75, 3.05) is 18.9 Å². The van der Waals surface area contributed by atoms with Gasteiger partial charge in [0.05, 0.1) is 13.2 Å². The van der Waals surface area contributed by atoms with Crippen LogP contribution in [0.5, 0.6) is 5.75 Å². The van der Waals surface area contributed by atoms with Crippen LogP contribution in [-0.4, -0.2) is 39.7 Å². The van der Waals surface area contributed by atoms with Crippen molar-refractivity contribution in [1.29, 1.82) is 0 Å². The van der Waals surface area contributed by atoms with E-state index in [9.17, 15) is 0 Å². The van der Waals surface area contributed by atoms with Crippen LogP contribution in [0.25, 0.3) is 0 Å². The number of phenols is 1. The lowest BCUT2D eigenvalue weighted by atomic mass is 10.3. The van der Waals surface area contributed by atoms with Crippen molar-refractivity contribution in [1.82, 2.24) is 0 Å². The maximum Gasteiger partial charge on any atom is 0.115 e. The average molecular weight is 201 g/mol. The molecule has 0 amide bonds. The summed E-state index contributed by atoms with van der Waals surface area (Å²) in [5.41, 5.74) is 5.98. The van der Waals surface area contributed by atoms with E-state index in [0.717, 1.165) is 0 Å². The Morgan fingerprint density at radius 3 is 1.71 bits per heavy atom. The van der Waals surface area contributed by atoms with Crippen LogP contribution in [0.4, 0.5) is 5.69 Å². The summed E-state index contributed by atoms with van der Waals surface area (Å²) in [6, 6.07) is 6.40. The second-order valence-corrected chi connectivity index (χ2v) is 2.61. The Hall–Kier alpha value is -1.30. The lowest BCUT2D eigenvalue weighted by Gasteiger charge is -1.96. The van der Waals surface area contributed by atoms with Gasteiger partial charge in [0.2, 0.25) is 0 Å². The third-order valence-corrected chi connectivity index (χ3v) is 1.31. The highest BCUT2D eigenvalue weighted by Crippen LogP contribution is 2.09. The molecule has 1 rings (SSSR count). The molecule has 5 heteroatoms. The fraction of sp³-hybridized carbons (Fsp3) is 0.333. The average Bonchev–Trinajstić information content (AvgIpc) is 2.22. The van der Waals surface area contributed by atoms with Gasteiger partial charge in [-0.15, -0.1) is 0 Å². The normalized spacial score (nSPS) is 9.43. The Labute approximate surface area is 82.0 Å². The lowest BCUT2D eigenvalue weighted by molar-refractivity contribution is 0.0450. The molecule has 1 aromatic carbocycles.